The summed E-state index contributed by atoms with van der Waals surface area (Å²) in [5.41, 5.74) is 4.14. The molecule has 29 heavy (non-hydrogen) atoms. The van der Waals surface area contributed by atoms with Crippen LogP contribution in [-0.2, 0) is 13.0 Å². The molecule has 0 radical (unpaired) electrons. The topological polar surface area (TPSA) is 51.5 Å². The van der Waals surface area contributed by atoms with E-state index in [1.54, 1.807) is 6.07 Å². The van der Waals surface area contributed by atoms with Crippen molar-refractivity contribution in [3.63, 3.8) is 0 Å². The predicted octanol–water partition coefficient (Wildman–Crippen LogP) is 4.44. The first-order valence-corrected chi connectivity index (χ1v) is 10.3. The highest BCUT2D eigenvalue weighted by Gasteiger charge is 2.22. The van der Waals surface area contributed by atoms with Crippen molar-refractivity contribution in [3.05, 3.63) is 52.7 Å². The van der Waals surface area contributed by atoms with E-state index >= 15 is 0 Å². The van der Waals surface area contributed by atoms with Crippen LogP contribution >= 0.6 is 0 Å². The van der Waals surface area contributed by atoms with Gasteiger partial charge in [0.2, 0.25) is 5.95 Å². The van der Waals surface area contributed by atoms with Gasteiger partial charge in [-0.05, 0) is 36.8 Å². The highest BCUT2D eigenvalue weighted by molar-refractivity contribution is 5.56. The second kappa shape index (κ2) is 7.40. The van der Waals surface area contributed by atoms with Gasteiger partial charge >= 0.3 is 0 Å². The lowest BCUT2D eigenvalue weighted by Gasteiger charge is -2.22. The molecule has 0 unspecified atom stereocenters. The highest BCUT2D eigenvalue weighted by Crippen LogP contribution is 2.35. The Balaban J connectivity index is 1.49. The molecule has 2 aromatic heterocycles. The molecule has 0 saturated heterocycles. The van der Waals surface area contributed by atoms with Gasteiger partial charge in [-0.25, -0.2) is 14.4 Å². The molecule has 0 spiro atoms. The quantitative estimate of drug-likeness (QED) is 0.669. The van der Waals surface area contributed by atoms with Crippen molar-refractivity contribution in [3.8, 4) is 18.1 Å². The number of fused-ring (bicyclic) bond motifs is 2. The average molecular weight is 390 g/mol. The van der Waals surface area contributed by atoms with E-state index < -0.39 is 0 Å². The maximum atomic E-state index is 14.5. The molecule has 6 heteroatoms. The molecule has 2 aliphatic rings. The number of nitrogens with zero attached hydrogens (tertiary/aromatic N) is 3. The maximum Gasteiger partial charge on any atom is 0.208 e. The van der Waals surface area contributed by atoms with Gasteiger partial charge in [0.05, 0.1) is 6.61 Å². The zero-order valence-electron chi connectivity index (χ0n) is 16.2. The van der Waals surface area contributed by atoms with E-state index in [0.29, 0.717) is 36.3 Å². The SMILES string of the molecule is C#Cc1cn2c(NCc3c(F)ccc4c3CCO4)ncc(C3CCCCC3)c2n1. The molecule has 0 atom stereocenters. The predicted molar refractivity (Wildman–Crippen MR) is 110 cm³/mol. The summed E-state index contributed by atoms with van der Waals surface area (Å²) >= 11 is 0. The summed E-state index contributed by atoms with van der Waals surface area (Å²) in [6, 6.07) is 3.16. The van der Waals surface area contributed by atoms with Crippen LogP contribution in [0.3, 0.4) is 0 Å². The number of terminal acetylenes is 1. The highest BCUT2D eigenvalue weighted by atomic mass is 19.1. The molecule has 1 N–H and O–H groups in total. The first-order chi connectivity index (χ1) is 14.2. The Morgan fingerprint density at radius 2 is 2.14 bits per heavy atom. The summed E-state index contributed by atoms with van der Waals surface area (Å²) in [6.45, 7) is 0.921. The molecular weight excluding hydrogens is 367 g/mol. The summed E-state index contributed by atoms with van der Waals surface area (Å²) in [5, 5.41) is 3.29. The van der Waals surface area contributed by atoms with Crippen molar-refractivity contribution in [2.24, 2.45) is 0 Å². The number of nitrogens with one attached hydrogen (secondary N) is 1. The zero-order valence-corrected chi connectivity index (χ0v) is 16.2. The number of hydrogen-bond donors (Lipinski definition) is 1. The molecule has 1 aliphatic carbocycles. The van der Waals surface area contributed by atoms with Gasteiger partial charge in [-0.2, -0.15) is 0 Å². The lowest BCUT2D eigenvalue weighted by molar-refractivity contribution is 0.356. The Labute approximate surface area is 169 Å². The van der Waals surface area contributed by atoms with E-state index in [-0.39, 0.29) is 5.82 Å². The Bertz CT molecular complexity index is 1110. The number of imidazole rings is 1. The fourth-order valence-electron chi connectivity index (χ4n) is 4.57. The van der Waals surface area contributed by atoms with E-state index in [4.69, 9.17) is 11.2 Å². The fraction of sp³-hybridized carbons (Fsp3) is 0.391. The Kier molecular flexibility index (Phi) is 4.59. The molecule has 1 saturated carbocycles. The van der Waals surface area contributed by atoms with Gasteiger partial charge in [0.15, 0.2) is 0 Å². The zero-order chi connectivity index (χ0) is 19.8. The Morgan fingerprint density at radius 1 is 1.28 bits per heavy atom. The van der Waals surface area contributed by atoms with Crippen LogP contribution in [0.5, 0.6) is 5.75 Å². The lowest BCUT2D eigenvalue weighted by atomic mass is 9.85. The smallest absolute Gasteiger partial charge is 0.208 e. The van der Waals surface area contributed by atoms with E-state index in [9.17, 15) is 4.39 Å². The van der Waals surface area contributed by atoms with Crippen molar-refractivity contribution >= 4 is 11.6 Å². The monoisotopic (exact) mass is 390 g/mol. The number of anilines is 1. The summed E-state index contributed by atoms with van der Waals surface area (Å²) in [7, 11) is 0. The first-order valence-electron chi connectivity index (χ1n) is 10.3. The van der Waals surface area contributed by atoms with Crippen LogP contribution in [0.2, 0.25) is 0 Å². The fourth-order valence-corrected chi connectivity index (χ4v) is 4.57. The van der Waals surface area contributed by atoms with Crippen molar-refractivity contribution in [1.29, 1.82) is 0 Å². The number of aromatic nitrogens is 3. The molecule has 1 aromatic carbocycles. The number of rotatable bonds is 4. The second-order valence-corrected chi connectivity index (χ2v) is 7.79. The third-order valence-corrected chi connectivity index (χ3v) is 6.08. The van der Waals surface area contributed by atoms with Crippen LogP contribution in [-0.4, -0.2) is 21.0 Å². The molecule has 5 rings (SSSR count). The van der Waals surface area contributed by atoms with E-state index in [2.05, 4.69) is 21.2 Å². The van der Waals surface area contributed by atoms with Gasteiger partial charge in [0.25, 0.3) is 0 Å². The lowest BCUT2D eigenvalue weighted by Crippen LogP contribution is -2.12. The maximum absolute atomic E-state index is 14.5. The summed E-state index contributed by atoms with van der Waals surface area (Å²) < 4.78 is 21.9. The summed E-state index contributed by atoms with van der Waals surface area (Å²) in [5.74, 6) is 4.25. The molecule has 0 bridgehead atoms. The third-order valence-electron chi connectivity index (χ3n) is 6.08. The molecule has 3 heterocycles. The van der Waals surface area contributed by atoms with Crippen LogP contribution < -0.4 is 10.1 Å². The standard InChI is InChI=1S/C23H23FN4O/c1-2-16-14-28-22(27-16)18(15-6-4-3-5-7-15)12-25-23(28)26-13-19-17-10-11-29-21(17)9-8-20(19)24/h1,8-9,12,14-15H,3-7,10-11,13H2,(H,25,26). The molecule has 1 fully saturated rings. The number of halogens is 1. The van der Waals surface area contributed by atoms with Crippen LogP contribution in [0.15, 0.2) is 24.5 Å². The van der Waals surface area contributed by atoms with Crippen molar-refractivity contribution < 1.29 is 9.13 Å². The van der Waals surface area contributed by atoms with Gasteiger partial charge < -0.3 is 10.1 Å². The van der Waals surface area contributed by atoms with Crippen LogP contribution in [0.1, 0.15) is 60.4 Å². The minimum Gasteiger partial charge on any atom is -0.493 e. The third kappa shape index (κ3) is 3.21. The Hall–Kier alpha value is -3.07. The Morgan fingerprint density at radius 3 is 2.97 bits per heavy atom. The second-order valence-electron chi connectivity index (χ2n) is 7.79. The number of ether oxygens (including phenoxy) is 1. The van der Waals surface area contributed by atoms with Crippen LogP contribution in [0, 0.1) is 18.2 Å². The van der Waals surface area contributed by atoms with Gasteiger partial charge in [0, 0.05) is 42.0 Å². The van der Waals surface area contributed by atoms with Crippen LogP contribution in [0.4, 0.5) is 10.3 Å². The van der Waals surface area contributed by atoms with Gasteiger partial charge in [-0.1, -0.05) is 19.3 Å². The molecule has 3 aromatic rings. The molecule has 5 nitrogen and oxygen atoms in total. The normalized spacial score (nSPS) is 16.4. The van der Waals surface area contributed by atoms with Crippen molar-refractivity contribution in [2.75, 3.05) is 11.9 Å². The van der Waals surface area contributed by atoms with E-state index in [1.807, 2.05) is 16.8 Å². The van der Waals surface area contributed by atoms with Crippen LogP contribution in [0.25, 0.3) is 5.65 Å². The molecule has 148 valence electrons. The largest absolute Gasteiger partial charge is 0.493 e. The van der Waals surface area contributed by atoms with Gasteiger partial charge in [-0.3, -0.25) is 4.40 Å². The molecule has 1 aliphatic heterocycles. The summed E-state index contributed by atoms with van der Waals surface area (Å²) in [6.07, 6.45) is 16.1. The minimum absolute atomic E-state index is 0.230. The minimum atomic E-state index is -0.230. The van der Waals surface area contributed by atoms with Gasteiger partial charge in [-0.15, -0.1) is 6.42 Å². The number of hydrogen-bond acceptors (Lipinski definition) is 4. The van der Waals surface area contributed by atoms with Crippen molar-refractivity contribution in [2.45, 2.75) is 51.0 Å². The van der Waals surface area contributed by atoms with E-state index in [1.165, 1.54) is 25.3 Å². The molecular formula is C23H23FN4O. The van der Waals surface area contributed by atoms with Crippen molar-refractivity contribution in [1.82, 2.24) is 14.4 Å². The average Bonchev–Trinajstić information content (AvgIpc) is 3.40. The number of benzene rings is 1. The van der Waals surface area contributed by atoms with E-state index in [0.717, 1.165) is 41.8 Å². The summed E-state index contributed by atoms with van der Waals surface area (Å²) in [4.78, 5) is 9.31. The first kappa shape index (κ1) is 18.0. The molecule has 0 amide bonds. The van der Waals surface area contributed by atoms with Gasteiger partial charge in [0.1, 0.15) is 22.9 Å².